The summed E-state index contributed by atoms with van der Waals surface area (Å²) in [6.07, 6.45) is 1.86. The lowest BCUT2D eigenvalue weighted by molar-refractivity contribution is -0.137. The molecule has 1 atom stereocenters. The van der Waals surface area contributed by atoms with Gasteiger partial charge in [0.25, 0.3) is 0 Å². The van der Waals surface area contributed by atoms with Crippen LogP contribution in [-0.4, -0.2) is 38.3 Å². The average molecular weight is 480 g/mol. The van der Waals surface area contributed by atoms with E-state index in [4.69, 9.17) is 0 Å². The van der Waals surface area contributed by atoms with E-state index >= 15 is 0 Å². The Balaban J connectivity index is 1.41. The fourth-order valence-corrected chi connectivity index (χ4v) is 4.67. The molecule has 1 fully saturated rings. The first-order valence-corrected chi connectivity index (χ1v) is 11.2. The lowest BCUT2D eigenvalue weighted by atomic mass is 9.90. The third kappa shape index (κ3) is 4.39. The topological polar surface area (TPSA) is 70.7 Å². The van der Waals surface area contributed by atoms with Gasteiger partial charge < -0.3 is 10.0 Å². The number of carbonyl (C=O) groups excluding carboxylic acids is 1. The molecule has 1 saturated heterocycles. The van der Waals surface area contributed by atoms with Crippen LogP contribution >= 0.6 is 0 Å². The first kappa shape index (κ1) is 23.0. The van der Waals surface area contributed by atoms with E-state index < -0.39 is 17.5 Å². The Kier molecular flexibility index (Phi) is 5.80. The Morgan fingerprint density at radius 2 is 1.94 bits per heavy atom. The van der Waals surface area contributed by atoms with Crippen LogP contribution in [0.25, 0.3) is 5.65 Å². The number of imidazole rings is 1. The summed E-state index contributed by atoms with van der Waals surface area (Å²) in [5, 5.41) is 9.49. The van der Waals surface area contributed by atoms with Crippen LogP contribution in [0.4, 0.5) is 19.0 Å². The number of anilines is 1. The molecule has 0 spiro atoms. The Morgan fingerprint density at radius 1 is 1.11 bits per heavy atom. The highest BCUT2D eigenvalue weighted by Gasteiger charge is 2.32. The van der Waals surface area contributed by atoms with Crippen molar-refractivity contribution in [2.24, 2.45) is 0 Å². The number of aromatic nitrogens is 3. The summed E-state index contributed by atoms with van der Waals surface area (Å²) in [6.45, 7) is 3.41. The highest BCUT2D eigenvalue weighted by atomic mass is 19.4. The van der Waals surface area contributed by atoms with Crippen LogP contribution in [0.5, 0.6) is 0 Å². The van der Waals surface area contributed by atoms with E-state index in [1.807, 2.05) is 41.9 Å². The minimum absolute atomic E-state index is 0.0579. The minimum Gasteiger partial charge on any atom is -0.392 e. The third-order valence-electron chi connectivity index (χ3n) is 6.55. The zero-order valence-electron chi connectivity index (χ0n) is 19.0. The molecule has 35 heavy (non-hydrogen) atoms. The SMILES string of the molecule is Cc1ccc(C(=O)c2cncc(C(F)(F)F)c2)cc1C1CCN(c2cnc3ccc(CO)cn23)C1. The van der Waals surface area contributed by atoms with Crippen molar-refractivity contribution < 1.29 is 23.1 Å². The number of alkyl halides is 3. The number of hydrogen-bond acceptors (Lipinski definition) is 5. The normalized spacial score (nSPS) is 16.3. The molecular weight excluding hydrogens is 457 g/mol. The van der Waals surface area contributed by atoms with E-state index in [2.05, 4.69) is 14.9 Å². The van der Waals surface area contributed by atoms with Crippen LogP contribution < -0.4 is 4.90 Å². The molecule has 5 rings (SSSR count). The lowest BCUT2D eigenvalue weighted by Crippen LogP contribution is -2.21. The summed E-state index contributed by atoms with van der Waals surface area (Å²) in [6, 6.07) is 9.83. The van der Waals surface area contributed by atoms with Crippen molar-refractivity contribution in [3.63, 3.8) is 0 Å². The first-order valence-electron chi connectivity index (χ1n) is 11.2. The molecule has 4 aromatic rings. The molecule has 0 saturated carbocycles. The molecule has 9 heteroatoms. The van der Waals surface area contributed by atoms with Gasteiger partial charge in [0.1, 0.15) is 11.5 Å². The number of rotatable bonds is 5. The molecule has 1 unspecified atom stereocenters. The van der Waals surface area contributed by atoms with Crippen molar-refractivity contribution in [1.29, 1.82) is 0 Å². The number of pyridine rings is 2. The van der Waals surface area contributed by atoms with E-state index in [0.717, 1.165) is 47.2 Å². The van der Waals surface area contributed by atoms with Crippen LogP contribution in [0.2, 0.25) is 0 Å². The van der Waals surface area contributed by atoms with Crippen molar-refractivity contribution in [3.8, 4) is 0 Å². The van der Waals surface area contributed by atoms with E-state index in [9.17, 15) is 23.1 Å². The fourth-order valence-electron chi connectivity index (χ4n) is 4.67. The Hall–Kier alpha value is -3.72. The number of aliphatic hydroxyl groups is 1. The second-order valence-corrected chi connectivity index (χ2v) is 8.83. The van der Waals surface area contributed by atoms with Gasteiger partial charge in [-0.3, -0.25) is 14.2 Å². The van der Waals surface area contributed by atoms with Crippen LogP contribution in [0.15, 0.2) is 61.2 Å². The largest absolute Gasteiger partial charge is 0.417 e. The van der Waals surface area contributed by atoms with Crippen molar-refractivity contribution in [2.45, 2.75) is 32.0 Å². The first-order chi connectivity index (χ1) is 16.7. The van der Waals surface area contributed by atoms with Gasteiger partial charge in [-0.2, -0.15) is 13.2 Å². The molecular formula is C26H23F3N4O2. The average Bonchev–Trinajstić information content (AvgIpc) is 3.50. The predicted octanol–water partition coefficient (Wildman–Crippen LogP) is 4.77. The van der Waals surface area contributed by atoms with Crippen LogP contribution in [0.3, 0.4) is 0 Å². The minimum atomic E-state index is -4.56. The third-order valence-corrected chi connectivity index (χ3v) is 6.55. The van der Waals surface area contributed by atoms with E-state index in [0.29, 0.717) is 18.3 Å². The number of benzene rings is 1. The number of aryl methyl sites for hydroxylation is 1. The van der Waals surface area contributed by atoms with Gasteiger partial charge in [0, 0.05) is 48.7 Å². The molecule has 1 aliphatic heterocycles. The summed E-state index contributed by atoms with van der Waals surface area (Å²) < 4.78 is 41.2. The monoisotopic (exact) mass is 480 g/mol. The number of ketones is 1. The number of aliphatic hydroxyl groups excluding tert-OH is 1. The van der Waals surface area contributed by atoms with Gasteiger partial charge in [0.05, 0.1) is 18.4 Å². The second-order valence-electron chi connectivity index (χ2n) is 8.83. The maximum Gasteiger partial charge on any atom is 0.417 e. The Morgan fingerprint density at radius 3 is 2.71 bits per heavy atom. The van der Waals surface area contributed by atoms with Gasteiger partial charge >= 0.3 is 6.18 Å². The quantitative estimate of drug-likeness (QED) is 0.417. The zero-order chi connectivity index (χ0) is 24.7. The van der Waals surface area contributed by atoms with Gasteiger partial charge in [-0.15, -0.1) is 0 Å². The van der Waals surface area contributed by atoms with Gasteiger partial charge in [0.15, 0.2) is 5.78 Å². The molecule has 1 N–H and O–H groups in total. The van der Waals surface area contributed by atoms with Gasteiger partial charge in [0.2, 0.25) is 0 Å². The number of carbonyl (C=O) groups is 1. The fraction of sp³-hybridized carbons (Fsp3) is 0.269. The summed E-state index contributed by atoms with van der Waals surface area (Å²) in [5.41, 5.74) is 2.91. The molecule has 3 aromatic heterocycles. The molecule has 1 aliphatic rings. The Bertz CT molecular complexity index is 1410. The number of nitrogens with zero attached hydrogens (tertiary/aromatic N) is 4. The highest BCUT2D eigenvalue weighted by Crippen LogP contribution is 2.34. The maximum absolute atomic E-state index is 13.1. The zero-order valence-corrected chi connectivity index (χ0v) is 19.0. The van der Waals surface area contributed by atoms with E-state index in [1.165, 1.54) is 6.20 Å². The van der Waals surface area contributed by atoms with Gasteiger partial charge in [-0.1, -0.05) is 18.2 Å². The molecule has 0 radical (unpaired) electrons. The predicted molar refractivity (Wildman–Crippen MR) is 125 cm³/mol. The summed E-state index contributed by atoms with van der Waals surface area (Å²) >= 11 is 0. The van der Waals surface area contributed by atoms with Crippen LogP contribution in [0.1, 0.15) is 50.5 Å². The molecule has 180 valence electrons. The van der Waals surface area contributed by atoms with Crippen LogP contribution in [0, 0.1) is 6.92 Å². The van der Waals surface area contributed by atoms with Crippen LogP contribution in [-0.2, 0) is 12.8 Å². The van der Waals surface area contributed by atoms with E-state index in [1.54, 1.807) is 12.1 Å². The van der Waals surface area contributed by atoms with Crippen molar-refractivity contribution in [3.05, 3.63) is 94.6 Å². The smallest absolute Gasteiger partial charge is 0.392 e. The Labute approximate surface area is 199 Å². The molecule has 1 aromatic carbocycles. The summed E-state index contributed by atoms with van der Waals surface area (Å²) in [7, 11) is 0. The second kappa shape index (κ2) is 8.81. The molecule has 6 nitrogen and oxygen atoms in total. The molecule has 0 bridgehead atoms. The number of hydrogen-bond donors (Lipinski definition) is 1. The van der Waals surface area contributed by atoms with Crippen molar-refractivity contribution in [1.82, 2.24) is 14.4 Å². The maximum atomic E-state index is 13.1. The van der Waals surface area contributed by atoms with Gasteiger partial charge in [-0.05, 0) is 48.2 Å². The summed E-state index contributed by atoms with van der Waals surface area (Å²) in [5.74, 6) is 0.588. The van der Waals surface area contributed by atoms with Gasteiger partial charge in [-0.25, -0.2) is 4.98 Å². The number of fused-ring (bicyclic) bond motifs is 1. The van der Waals surface area contributed by atoms with E-state index in [-0.39, 0.29) is 18.1 Å². The van der Waals surface area contributed by atoms with Crippen molar-refractivity contribution >= 4 is 17.2 Å². The van der Waals surface area contributed by atoms with Crippen molar-refractivity contribution in [2.75, 3.05) is 18.0 Å². The molecule has 0 aliphatic carbocycles. The summed E-state index contributed by atoms with van der Waals surface area (Å²) in [4.78, 5) is 23.3. The highest BCUT2D eigenvalue weighted by molar-refractivity contribution is 6.09. The standard InChI is InChI=1S/C26H23F3N4O2/c1-16-2-4-18(25(35)20-8-21(11-30-10-20)26(27,28)29)9-22(16)19-6-7-32(14-19)24-12-31-23-5-3-17(15-34)13-33(23)24/h2-5,8-13,19,34H,6-7,14-15H2,1H3. The molecule has 0 amide bonds. The number of halogens is 3. The lowest BCUT2D eigenvalue weighted by Gasteiger charge is -2.19. The molecule has 4 heterocycles.